The third-order valence-corrected chi connectivity index (χ3v) is 6.35. The molecule has 1 aromatic carbocycles. The standard InChI is InChI=1S/C20H25N5S2/c1-16-3-5-18(6-4-16)19-21-25(20(26)22(19)2)15-24-10-8-23(9-11-24)13-17-7-12-27-14-17/h3-7,12,14H,8-11,13,15H2,1-2H3. The third kappa shape index (κ3) is 4.21. The summed E-state index contributed by atoms with van der Waals surface area (Å²) >= 11 is 7.41. The molecule has 142 valence electrons. The molecule has 7 heteroatoms. The number of rotatable bonds is 5. The average Bonchev–Trinajstić information content (AvgIpc) is 3.28. The first-order chi connectivity index (χ1) is 13.1. The summed E-state index contributed by atoms with van der Waals surface area (Å²) in [5.41, 5.74) is 3.77. The van der Waals surface area contributed by atoms with Gasteiger partial charge >= 0.3 is 0 Å². The number of piperazine rings is 1. The number of benzene rings is 1. The van der Waals surface area contributed by atoms with E-state index in [-0.39, 0.29) is 0 Å². The van der Waals surface area contributed by atoms with Crippen molar-refractivity contribution in [1.29, 1.82) is 0 Å². The fourth-order valence-electron chi connectivity index (χ4n) is 3.45. The summed E-state index contributed by atoms with van der Waals surface area (Å²) in [6.07, 6.45) is 0. The molecule has 1 saturated heterocycles. The molecular formula is C20H25N5S2. The van der Waals surface area contributed by atoms with E-state index in [0.29, 0.717) is 0 Å². The number of aryl methyl sites for hydroxylation is 1. The molecule has 27 heavy (non-hydrogen) atoms. The molecule has 3 aromatic rings. The highest BCUT2D eigenvalue weighted by Crippen LogP contribution is 2.18. The average molecular weight is 400 g/mol. The lowest BCUT2D eigenvalue weighted by Gasteiger charge is -2.34. The summed E-state index contributed by atoms with van der Waals surface area (Å²) in [7, 11) is 2.00. The van der Waals surface area contributed by atoms with Crippen molar-refractivity contribution in [3.05, 3.63) is 57.0 Å². The van der Waals surface area contributed by atoms with E-state index in [0.717, 1.165) is 55.6 Å². The Labute approximate surface area is 169 Å². The first-order valence-electron chi connectivity index (χ1n) is 9.27. The Balaban J connectivity index is 1.41. The zero-order valence-electron chi connectivity index (χ0n) is 15.8. The molecule has 3 heterocycles. The van der Waals surface area contributed by atoms with Gasteiger partial charge in [-0.1, -0.05) is 29.8 Å². The van der Waals surface area contributed by atoms with E-state index < -0.39 is 0 Å². The van der Waals surface area contributed by atoms with Crippen molar-refractivity contribution in [2.75, 3.05) is 26.2 Å². The molecule has 5 nitrogen and oxygen atoms in total. The molecule has 2 aromatic heterocycles. The molecule has 4 rings (SSSR count). The molecule has 0 amide bonds. The molecule has 0 unspecified atom stereocenters. The maximum atomic E-state index is 5.64. The van der Waals surface area contributed by atoms with E-state index in [2.05, 4.69) is 57.8 Å². The van der Waals surface area contributed by atoms with Gasteiger partial charge in [0.25, 0.3) is 0 Å². The van der Waals surface area contributed by atoms with E-state index in [1.165, 1.54) is 11.1 Å². The molecule has 1 aliphatic heterocycles. The Morgan fingerprint density at radius 1 is 1.04 bits per heavy atom. The first kappa shape index (κ1) is 18.6. The van der Waals surface area contributed by atoms with Gasteiger partial charge in [0.05, 0.1) is 6.67 Å². The zero-order chi connectivity index (χ0) is 18.8. The summed E-state index contributed by atoms with van der Waals surface area (Å²) in [6, 6.07) is 10.7. The molecule has 1 fully saturated rings. The van der Waals surface area contributed by atoms with Gasteiger partial charge in [-0.2, -0.15) is 16.4 Å². The van der Waals surface area contributed by atoms with E-state index in [1.807, 2.05) is 16.3 Å². The summed E-state index contributed by atoms with van der Waals surface area (Å²) in [6.45, 7) is 8.16. The highest BCUT2D eigenvalue weighted by molar-refractivity contribution is 7.71. The maximum absolute atomic E-state index is 5.64. The van der Waals surface area contributed by atoms with Crippen molar-refractivity contribution in [3.8, 4) is 11.4 Å². The first-order valence-corrected chi connectivity index (χ1v) is 10.6. The smallest absolute Gasteiger partial charge is 0.199 e. The lowest BCUT2D eigenvalue weighted by molar-refractivity contribution is 0.0982. The normalized spacial score (nSPS) is 16.1. The van der Waals surface area contributed by atoms with Crippen molar-refractivity contribution in [1.82, 2.24) is 24.1 Å². The summed E-state index contributed by atoms with van der Waals surface area (Å²) in [4.78, 5) is 4.96. The van der Waals surface area contributed by atoms with Crippen LogP contribution >= 0.6 is 23.6 Å². The second-order valence-electron chi connectivity index (χ2n) is 7.20. The predicted molar refractivity (Wildman–Crippen MR) is 113 cm³/mol. The molecule has 0 aliphatic carbocycles. The molecule has 0 N–H and O–H groups in total. The van der Waals surface area contributed by atoms with Gasteiger partial charge < -0.3 is 4.57 Å². The number of nitrogens with zero attached hydrogens (tertiary/aromatic N) is 5. The van der Waals surface area contributed by atoms with Crippen LogP contribution in [0.4, 0.5) is 0 Å². The van der Waals surface area contributed by atoms with Gasteiger partial charge in [0.1, 0.15) is 0 Å². The molecule has 0 bridgehead atoms. The summed E-state index contributed by atoms with van der Waals surface area (Å²) in [5.74, 6) is 0.927. The van der Waals surface area contributed by atoms with Gasteiger partial charge in [-0.15, -0.1) is 0 Å². The van der Waals surface area contributed by atoms with E-state index in [9.17, 15) is 0 Å². The largest absolute Gasteiger partial charge is 0.303 e. The molecular weight excluding hydrogens is 374 g/mol. The molecule has 1 aliphatic rings. The van der Waals surface area contributed by atoms with Gasteiger partial charge in [0.15, 0.2) is 10.6 Å². The minimum atomic E-state index is 0.755. The monoisotopic (exact) mass is 399 g/mol. The fourth-order valence-corrected chi connectivity index (χ4v) is 4.30. The molecule has 0 spiro atoms. The van der Waals surface area contributed by atoms with Crippen molar-refractivity contribution in [2.24, 2.45) is 7.05 Å². The number of hydrogen-bond acceptors (Lipinski definition) is 5. The van der Waals surface area contributed by atoms with Crippen LogP contribution in [0.15, 0.2) is 41.1 Å². The van der Waals surface area contributed by atoms with Crippen molar-refractivity contribution >= 4 is 23.6 Å². The van der Waals surface area contributed by atoms with Crippen LogP contribution in [0.25, 0.3) is 11.4 Å². The number of hydrogen-bond donors (Lipinski definition) is 0. The Kier molecular flexibility index (Phi) is 5.54. The SMILES string of the molecule is Cc1ccc(-c2nn(CN3CCN(Cc4ccsc4)CC3)c(=S)n2C)cc1. The second kappa shape index (κ2) is 8.06. The van der Waals surface area contributed by atoms with Crippen LogP contribution in [0.2, 0.25) is 0 Å². The number of thiophene rings is 1. The highest BCUT2D eigenvalue weighted by atomic mass is 32.1. The highest BCUT2D eigenvalue weighted by Gasteiger charge is 2.19. The minimum absolute atomic E-state index is 0.755. The Bertz CT molecular complexity index is 932. The van der Waals surface area contributed by atoms with Crippen molar-refractivity contribution in [3.63, 3.8) is 0 Å². The summed E-state index contributed by atoms with van der Waals surface area (Å²) in [5, 5.41) is 9.20. The van der Waals surface area contributed by atoms with Gasteiger partial charge in [0, 0.05) is 45.3 Å². The van der Waals surface area contributed by atoms with Crippen LogP contribution in [0.3, 0.4) is 0 Å². The second-order valence-corrected chi connectivity index (χ2v) is 8.34. The molecule has 0 saturated carbocycles. The minimum Gasteiger partial charge on any atom is -0.303 e. The van der Waals surface area contributed by atoms with E-state index >= 15 is 0 Å². The molecule has 0 atom stereocenters. The van der Waals surface area contributed by atoms with Gasteiger partial charge in [-0.3, -0.25) is 9.80 Å². The van der Waals surface area contributed by atoms with Crippen LogP contribution in [0.1, 0.15) is 11.1 Å². The predicted octanol–water partition coefficient (Wildman–Crippen LogP) is 3.76. The maximum Gasteiger partial charge on any atom is 0.199 e. The van der Waals surface area contributed by atoms with E-state index in [4.69, 9.17) is 17.3 Å². The van der Waals surface area contributed by atoms with Gasteiger partial charge in [-0.05, 0) is 41.5 Å². The topological polar surface area (TPSA) is 29.2 Å². The molecule has 0 radical (unpaired) electrons. The Hall–Kier alpha value is -1.80. The summed E-state index contributed by atoms with van der Waals surface area (Å²) < 4.78 is 4.73. The van der Waals surface area contributed by atoms with Crippen molar-refractivity contribution in [2.45, 2.75) is 20.1 Å². The van der Waals surface area contributed by atoms with Gasteiger partial charge in [-0.25, -0.2) is 4.68 Å². The quantitative estimate of drug-likeness (QED) is 0.611. The van der Waals surface area contributed by atoms with Crippen molar-refractivity contribution < 1.29 is 0 Å². The van der Waals surface area contributed by atoms with Crippen LogP contribution in [-0.2, 0) is 20.3 Å². The lowest BCUT2D eigenvalue weighted by atomic mass is 10.1. The van der Waals surface area contributed by atoms with Gasteiger partial charge in [0.2, 0.25) is 0 Å². The zero-order valence-corrected chi connectivity index (χ0v) is 17.5. The number of aromatic nitrogens is 3. The van der Waals surface area contributed by atoms with Crippen LogP contribution in [0, 0.1) is 11.7 Å². The Morgan fingerprint density at radius 3 is 2.41 bits per heavy atom. The fraction of sp³-hybridized carbons (Fsp3) is 0.400. The third-order valence-electron chi connectivity index (χ3n) is 5.14. The van der Waals surface area contributed by atoms with Crippen LogP contribution < -0.4 is 0 Å². The van der Waals surface area contributed by atoms with Crippen LogP contribution in [-0.4, -0.2) is 50.3 Å². The van der Waals surface area contributed by atoms with E-state index in [1.54, 1.807) is 11.3 Å². The van der Waals surface area contributed by atoms with Crippen LogP contribution in [0.5, 0.6) is 0 Å². The Morgan fingerprint density at radius 2 is 1.74 bits per heavy atom. The lowest BCUT2D eigenvalue weighted by Crippen LogP contribution is -2.46.